The number of nitro groups is 1. The van der Waals surface area contributed by atoms with Crippen LogP contribution in [0.25, 0.3) is 5.65 Å². The van der Waals surface area contributed by atoms with Crippen molar-refractivity contribution in [2.75, 3.05) is 11.6 Å². The van der Waals surface area contributed by atoms with E-state index in [0.29, 0.717) is 16.4 Å². The molecule has 1 aromatic carbocycles. The maximum absolute atomic E-state index is 11.6. The highest BCUT2D eigenvalue weighted by Gasteiger charge is 2.18. The van der Waals surface area contributed by atoms with Gasteiger partial charge in [0.25, 0.3) is 5.69 Å². The number of imidazole rings is 1. The van der Waals surface area contributed by atoms with Crippen molar-refractivity contribution >= 4 is 38.5 Å². The van der Waals surface area contributed by atoms with E-state index < -0.39 is 14.8 Å². The maximum atomic E-state index is 11.6. The number of benzene rings is 1. The fourth-order valence-electron chi connectivity index (χ4n) is 2.33. The molecule has 1 N–H and O–H groups in total. The van der Waals surface area contributed by atoms with E-state index in [2.05, 4.69) is 10.3 Å². The minimum atomic E-state index is -3.52. The molecule has 25 heavy (non-hydrogen) atoms. The topological polar surface area (TPSA) is 107 Å². The summed E-state index contributed by atoms with van der Waals surface area (Å²) >= 11 is 5.92. The van der Waals surface area contributed by atoms with Crippen molar-refractivity contribution in [1.82, 2.24) is 9.38 Å². The van der Waals surface area contributed by atoms with Gasteiger partial charge in [-0.25, -0.2) is 13.4 Å². The third-order valence-corrected chi connectivity index (χ3v) is 4.85. The second-order valence-corrected chi connectivity index (χ2v) is 7.86. The average Bonchev–Trinajstić information content (AvgIpc) is 2.93. The Bertz CT molecular complexity index is 1080. The second kappa shape index (κ2) is 6.34. The molecule has 2 aromatic heterocycles. The molecule has 0 aliphatic carbocycles. The van der Waals surface area contributed by atoms with E-state index in [1.807, 2.05) is 0 Å². The van der Waals surface area contributed by atoms with Gasteiger partial charge < -0.3 is 9.72 Å². The van der Waals surface area contributed by atoms with E-state index in [9.17, 15) is 18.5 Å². The van der Waals surface area contributed by atoms with Crippen LogP contribution in [-0.4, -0.2) is 29.0 Å². The summed E-state index contributed by atoms with van der Waals surface area (Å²) in [6.45, 7) is 0.234. The first-order valence-electron chi connectivity index (χ1n) is 7.09. The Morgan fingerprint density at radius 2 is 2.04 bits per heavy atom. The number of hydrogen-bond donors (Lipinski definition) is 1. The molecular weight excluding hydrogens is 368 g/mol. The Labute approximate surface area is 148 Å². The minimum absolute atomic E-state index is 0.105. The Kier molecular flexibility index (Phi) is 4.36. The van der Waals surface area contributed by atoms with E-state index >= 15 is 0 Å². The van der Waals surface area contributed by atoms with Gasteiger partial charge in [-0.3, -0.25) is 10.1 Å². The smallest absolute Gasteiger partial charge is 0.293 e. The third-order valence-electron chi connectivity index (χ3n) is 3.52. The molecule has 0 radical (unpaired) electrons. The lowest BCUT2D eigenvalue weighted by Gasteiger charge is -2.07. The van der Waals surface area contributed by atoms with E-state index in [4.69, 9.17) is 11.6 Å². The fourth-order valence-corrected chi connectivity index (χ4v) is 3.14. The predicted molar refractivity (Wildman–Crippen MR) is 93.7 cm³/mol. The highest BCUT2D eigenvalue weighted by atomic mass is 35.5. The van der Waals surface area contributed by atoms with E-state index in [-0.39, 0.29) is 22.8 Å². The van der Waals surface area contributed by atoms with Crippen molar-refractivity contribution in [2.24, 2.45) is 0 Å². The number of aromatic nitrogens is 2. The van der Waals surface area contributed by atoms with Gasteiger partial charge >= 0.3 is 0 Å². The van der Waals surface area contributed by atoms with Gasteiger partial charge in [0.1, 0.15) is 11.3 Å². The summed E-state index contributed by atoms with van der Waals surface area (Å²) < 4.78 is 24.9. The lowest BCUT2D eigenvalue weighted by molar-refractivity contribution is -0.384. The van der Waals surface area contributed by atoms with Gasteiger partial charge in [0.15, 0.2) is 9.84 Å². The first-order chi connectivity index (χ1) is 11.7. The molecule has 0 atom stereocenters. The molecule has 0 amide bonds. The highest BCUT2D eigenvalue weighted by molar-refractivity contribution is 7.90. The van der Waals surface area contributed by atoms with Crippen LogP contribution in [0.2, 0.25) is 5.02 Å². The van der Waals surface area contributed by atoms with E-state index in [1.54, 1.807) is 28.9 Å². The summed E-state index contributed by atoms with van der Waals surface area (Å²) in [4.78, 5) is 14.9. The maximum Gasteiger partial charge on any atom is 0.293 e. The van der Waals surface area contributed by atoms with Gasteiger partial charge in [0.2, 0.25) is 0 Å². The van der Waals surface area contributed by atoms with Crippen molar-refractivity contribution in [2.45, 2.75) is 11.4 Å². The van der Waals surface area contributed by atoms with Gasteiger partial charge in [-0.05, 0) is 24.3 Å². The predicted octanol–water partition coefficient (Wildman–Crippen LogP) is 2.91. The van der Waals surface area contributed by atoms with Gasteiger partial charge in [-0.1, -0.05) is 11.6 Å². The Morgan fingerprint density at radius 1 is 1.28 bits per heavy atom. The summed E-state index contributed by atoms with van der Waals surface area (Å²) in [7, 11) is -3.52. The van der Waals surface area contributed by atoms with Crippen LogP contribution < -0.4 is 5.32 Å². The van der Waals surface area contributed by atoms with Gasteiger partial charge in [-0.15, -0.1) is 0 Å². The van der Waals surface area contributed by atoms with Crippen LogP contribution in [0.3, 0.4) is 0 Å². The van der Waals surface area contributed by atoms with Crippen molar-refractivity contribution in [3.63, 3.8) is 0 Å². The number of sulfone groups is 1. The summed E-state index contributed by atoms with van der Waals surface area (Å²) in [5.41, 5.74) is 1.26. The van der Waals surface area contributed by atoms with Crippen LogP contribution in [0.15, 0.2) is 47.6 Å². The van der Waals surface area contributed by atoms with E-state index in [0.717, 1.165) is 12.3 Å². The summed E-state index contributed by atoms with van der Waals surface area (Å²) in [5.74, 6) is 0. The molecule has 0 bridgehead atoms. The standard InChI is InChI=1S/C15H13ClN4O4S/c1-25(23,24)12-3-4-13(14(6-12)20(21)22)17-7-11-9-19-8-10(16)2-5-15(19)18-11/h2-6,8-9,17H,7H2,1H3. The number of nitrogens with one attached hydrogen (secondary N) is 1. The molecule has 0 spiro atoms. The van der Waals surface area contributed by atoms with Crippen LogP contribution in [0.4, 0.5) is 11.4 Å². The third kappa shape index (κ3) is 3.72. The summed E-state index contributed by atoms with van der Waals surface area (Å²) in [5, 5.41) is 14.7. The molecule has 0 aliphatic rings. The minimum Gasteiger partial charge on any atom is -0.374 e. The lowest BCUT2D eigenvalue weighted by atomic mass is 10.2. The van der Waals surface area contributed by atoms with Crippen molar-refractivity contribution in [3.05, 3.63) is 63.6 Å². The van der Waals surface area contributed by atoms with Gasteiger partial charge in [0.05, 0.1) is 27.1 Å². The molecule has 0 saturated heterocycles. The Hall–Kier alpha value is -2.65. The molecule has 0 saturated carbocycles. The zero-order valence-corrected chi connectivity index (χ0v) is 14.6. The summed E-state index contributed by atoms with van der Waals surface area (Å²) in [6.07, 6.45) is 4.46. The molecule has 3 aromatic rings. The van der Waals surface area contributed by atoms with Crippen molar-refractivity contribution < 1.29 is 13.3 Å². The Morgan fingerprint density at radius 3 is 2.72 bits per heavy atom. The van der Waals surface area contributed by atoms with Crippen LogP contribution in [0.5, 0.6) is 0 Å². The van der Waals surface area contributed by atoms with Crippen LogP contribution in [0, 0.1) is 10.1 Å². The molecule has 8 nitrogen and oxygen atoms in total. The molecule has 10 heteroatoms. The van der Waals surface area contributed by atoms with Crippen LogP contribution >= 0.6 is 11.6 Å². The summed E-state index contributed by atoms with van der Waals surface area (Å²) in [6, 6.07) is 7.22. The fraction of sp³-hybridized carbons (Fsp3) is 0.133. The Balaban J connectivity index is 1.87. The largest absolute Gasteiger partial charge is 0.374 e. The van der Waals surface area contributed by atoms with Crippen LogP contribution in [-0.2, 0) is 16.4 Å². The number of nitrogens with zero attached hydrogens (tertiary/aromatic N) is 3. The number of halogens is 1. The molecule has 130 valence electrons. The van der Waals surface area contributed by atoms with E-state index in [1.165, 1.54) is 12.1 Å². The van der Waals surface area contributed by atoms with Gasteiger partial charge in [0, 0.05) is 24.7 Å². The average molecular weight is 381 g/mol. The number of fused-ring (bicyclic) bond motifs is 1. The zero-order valence-electron chi connectivity index (χ0n) is 13.0. The molecule has 0 fully saturated rings. The molecular formula is C15H13ClN4O4S. The number of rotatable bonds is 5. The quantitative estimate of drug-likeness (QED) is 0.538. The lowest BCUT2D eigenvalue weighted by Crippen LogP contribution is -2.05. The number of anilines is 1. The van der Waals surface area contributed by atoms with Gasteiger partial charge in [-0.2, -0.15) is 0 Å². The molecule has 0 aliphatic heterocycles. The zero-order chi connectivity index (χ0) is 18.2. The molecule has 2 heterocycles. The SMILES string of the molecule is CS(=O)(=O)c1ccc(NCc2cn3cc(Cl)ccc3n2)c([N+](=O)[O-])c1. The van der Waals surface area contributed by atoms with Crippen LogP contribution in [0.1, 0.15) is 5.69 Å². The normalized spacial score (nSPS) is 11.6. The first kappa shape index (κ1) is 17.2. The number of nitro benzene ring substituents is 1. The van der Waals surface area contributed by atoms with Crippen molar-refractivity contribution in [3.8, 4) is 0 Å². The number of pyridine rings is 1. The van der Waals surface area contributed by atoms with Crippen molar-refractivity contribution in [1.29, 1.82) is 0 Å². The number of hydrogen-bond acceptors (Lipinski definition) is 6. The first-order valence-corrected chi connectivity index (χ1v) is 9.36. The molecule has 0 unspecified atom stereocenters. The molecule has 3 rings (SSSR count). The second-order valence-electron chi connectivity index (χ2n) is 5.41. The monoisotopic (exact) mass is 380 g/mol. The highest BCUT2D eigenvalue weighted by Crippen LogP contribution is 2.28.